The maximum absolute atomic E-state index is 12.7. The Morgan fingerprint density at radius 3 is 2.68 bits per heavy atom. The van der Waals surface area contributed by atoms with E-state index in [1.807, 2.05) is 0 Å². The lowest BCUT2D eigenvalue weighted by Gasteiger charge is -2.25. The lowest BCUT2D eigenvalue weighted by molar-refractivity contribution is -0.150. The fourth-order valence-electron chi connectivity index (χ4n) is 4.32. The van der Waals surface area contributed by atoms with E-state index in [1.54, 1.807) is 14.9 Å². The molecule has 8 heteroatoms. The highest BCUT2D eigenvalue weighted by Gasteiger charge is 2.63. The molecule has 25 heavy (non-hydrogen) atoms. The molecular weight excluding hydrogens is 326 g/mol. The number of carboxylic acids is 1. The smallest absolute Gasteiger partial charge is 0.314 e. The van der Waals surface area contributed by atoms with Crippen LogP contribution in [0.25, 0.3) is 0 Å². The number of nitrogens with zero attached hydrogens (tertiary/aromatic N) is 3. The van der Waals surface area contributed by atoms with E-state index in [-0.39, 0.29) is 31.4 Å². The highest BCUT2D eigenvalue weighted by Crippen LogP contribution is 2.45. The van der Waals surface area contributed by atoms with Gasteiger partial charge in [-0.3, -0.25) is 19.2 Å². The second-order valence-corrected chi connectivity index (χ2v) is 7.82. The number of rotatable bonds is 6. The van der Waals surface area contributed by atoms with E-state index in [1.165, 1.54) is 0 Å². The Morgan fingerprint density at radius 1 is 1.28 bits per heavy atom. The van der Waals surface area contributed by atoms with Gasteiger partial charge in [0.05, 0.1) is 12.5 Å². The average Bonchev–Trinajstić information content (AvgIpc) is 3.00. The third-order valence-electron chi connectivity index (χ3n) is 5.98. The summed E-state index contributed by atoms with van der Waals surface area (Å²) in [5, 5.41) is 11.6. The van der Waals surface area contributed by atoms with Gasteiger partial charge in [0, 0.05) is 45.7 Å². The molecule has 4 rings (SSSR count). The lowest BCUT2D eigenvalue weighted by Crippen LogP contribution is -2.42. The minimum atomic E-state index is -1.13. The molecule has 138 valence electrons. The molecule has 3 heterocycles. The van der Waals surface area contributed by atoms with Crippen LogP contribution in [0.5, 0.6) is 0 Å². The van der Waals surface area contributed by atoms with Gasteiger partial charge in [-0.25, -0.2) is 0 Å². The first-order valence-electron chi connectivity index (χ1n) is 9.17. The van der Waals surface area contributed by atoms with Gasteiger partial charge in [-0.05, 0) is 25.2 Å². The standard InChI is InChI=1S/C17H25N3O5/c21-14(4-6-20-5-1-7-25-20)18-9-13-15(22)19(8-12-2-3-12)11-17(13,10-18)16(23)24/h12-13H,1-11H2,(H,23,24)/t13-,17-/m0/s1. The van der Waals surface area contributed by atoms with Crippen LogP contribution in [-0.2, 0) is 19.2 Å². The molecule has 0 unspecified atom stereocenters. The van der Waals surface area contributed by atoms with Crippen molar-refractivity contribution >= 4 is 17.8 Å². The minimum Gasteiger partial charge on any atom is -0.481 e. The number of fused-ring (bicyclic) bond motifs is 1. The Hall–Kier alpha value is -1.67. The molecule has 0 aromatic carbocycles. The molecule has 0 bridgehead atoms. The van der Waals surface area contributed by atoms with Gasteiger partial charge < -0.3 is 14.9 Å². The number of carbonyl (C=O) groups excluding carboxylic acids is 2. The summed E-state index contributed by atoms with van der Waals surface area (Å²) in [6, 6.07) is 0. The molecule has 2 atom stereocenters. The Bertz CT molecular complexity index is 587. The summed E-state index contributed by atoms with van der Waals surface area (Å²) in [7, 11) is 0. The number of hydrogen-bond donors (Lipinski definition) is 1. The molecule has 1 N–H and O–H groups in total. The summed E-state index contributed by atoms with van der Waals surface area (Å²) in [5.41, 5.74) is -1.13. The zero-order valence-corrected chi connectivity index (χ0v) is 14.4. The van der Waals surface area contributed by atoms with Gasteiger partial charge in [0.1, 0.15) is 5.41 Å². The molecule has 1 aliphatic carbocycles. The molecule has 4 fully saturated rings. The van der Waals surface area contributed by atoms with Crippen molar-refractivity contribution in [3.63, 3.8) is 0 Å². The number of carboxylic acid groups (broad SMARTS) is 1. The minimum absolute atomic E-state index is 0.0903. The number of aliphatic carboxylic acids is 1. The van der Waals surface area contributed by atoms with Crippen LogP contribution in [0.3, 0.4) is 0 Å². The Labute approximate surface area is 146 Å². The number of amides is 2. The van der Waals surface area contributed by atoms with Crippen molar-refractivity contribution in [1.82, 2.24) is 14.9 Å². The number of likely N-dealkylation sites (tertiary alicyclic amines) is 2. The highest BCUT2D eigenvalue weighted by atomic mass is 16.7. The van der Waals surface area contributed by atoms with Gasteiger partial charge in [-0.15, -0.1) is 0 Å². The number of carbonyl (C=O) groups is 3. The second-order valence-electron chi connectivity index (χ2n) is 7.82. The maximum Gasteiger partial charge on any atom is 0.314 e. The van der Waals surface area contributed by atoms with Crippen LogP contribution < -0.4 is 0 Å². The van der Waals surface area contributed by atoms with E-state index in [4.69, 9.17) is 4.84 Å². The Morgan fingerprint density at radius 2 is 2.08 bits per heavy atom. The van der Waals surface area contributed by atoms with Crippen molar-refractivity contribution in [3.8, 4) is 0 Å². The summed E-state index contributed by atoms with van der Waals surface area (Å²) in [5.74, 6) is -1.20. The molecule has 3 saturated heterocycles. The molecule has 3 aliphatic heterocycles. The third-order valence-corrected chi connectivity index (χ3v) is 5.98. The van der Waals surface area contributed by atoms with E-state index >= 15 is 0 Å². The van der Waals surface area contributed by atoms with Crippen LogP contribution in [0.15, 0.2) is 0 Å². The summed E-state index contributed by atoms with van der Waals surface area (Å²) in [6.07, 6.45) is 3.51. The molecule has 4 aliphatic rings. The molecular formula is C17H25N3O5. The van der Waals surface area contributed by atoms with Gasteiger partial charge >= 0.3 is 5.97 Å². The fourth-order valence-corrected chi connectivity index (χ4v) is 4.32. The van der Waals surface area contributed by atoms with Gasteiger partial charge in [0.15, 0.2) is 0 Å². The predicted molar refractivity (Wildman–Crippen MR) is 86.2 cm³/mol. The predicted octanol–water partition coefficient (Wildman–Crippen LogP) is -0.205. The van der Waals surface area contributed by atoms with Crippen molar-refractivity contribution in [1.29, 1.82) is 0 Å². The van der Waals surface area contributed by atoms with Crippen molar-refractivity contribution in [2.45, 2.75) is 25.7 Å². The van der Waals surface area contributed by atoms with Crippen LogP contribution in [-0.4, -0.2) is 83.6 Å². The summed E-state index contributed by atoms with van der Waals surface area (Å²) in [4.78, 5) is 45.8. The first-order valence-corrected chi connectivity index (χ1v) is 9.17. The summed E-state index contributed by atoms with van der Waals surface area (Å²) in [6.45, 7) is 3.30. The monoisotopic (exact) mass is 351 g/mol. The van der Waals surface area contributed by atoms with Crippen molar-refractivity contribution in [3.05, 3.63) is 0 Å². The van der Waals surface area contributed by atoms with E-state index in [9.17, 15) is 19.5 Å². The maximum atomic E-state index is 12.7. The SMILES string of the molecule is O=C(CCN1CCCO1)N1C[C@H]2C(=O)N(CC3CC3)C[C@@]2(C(=O)O)C1. The zero-order chi connectivity index (χ0) is 17.6. The Balaban J connectivity index is 1.40. The van der Waals surface area contributed by atoms with Gasteiger partial charge in [0.25, 0.3) is 0 Å². The molecule has 0 radical (unpaired) electrons. The van der Waals surface area contributed by atoms with Gasteiger partial charge in [-0.1, -0.05) is 0 Å². The Kier molecular flexibility index (Phi) is 4.19. The van der Waals surface area contributed by atoms with Crippen molar-refractivity contribution in [2.24, 2.45) is 17.3 Å². The average molecular weight is 351 g/mol. The third kappa shape index (κ3) is 3.01. The van der Waals surface area contributed by atoms with Crippen molar-refractivity contribution in [2.75, 3.05) is 45.9 Å². The molecule has 0 spiro atoms. The largest absolute Gasteiger partial charge is 0.481 e. The number of hydroxylamine groups is 2. The van der Waals surface area contributed by atoms with E-state index in [0.717, 1.165) is 25.8 Å². The quantitative estimate of drug-likeness (QED) is 0.712. The first kappa shape index (κ1) is 16.8. The zero-order valence-electron chi connectivity index (χ0n) is 14.4. The lowest BCUT2D eigenvalue weighted by atomic mass is 9.81. The first-order chi connectivity index (χ1) is 12.0. The topological polar surface area (TPSA) is 90.4 Å². The normalized spacial score (nSPS) is 32.5. The van der Waals surface area contributed by atoms with Crippen LogP contribution >= 0.6 is 0 Å². The second kappa shape index (κ2) is 6.25. The summed E-state index contributed by atoms with van der Waals surface area (Å²) >= 11 is 0. The van der Waals surface area contributed by atoms with E-state index in [2.05, 4.69) is 0 Å². The van der Waals surface area contributed by atoms with E-state index < -0.39 is 17.3 Å². The van der Waals surface area contributed by atoms with Crippen molar-refractivity contribution < 1.29 is 24.3 Å². The van der Waals surface area contributed by atoms with E-state index in [0.29, 0.717) is 32.0 Å². The van der Waals surface area contributed by atoms with Crippen LogP contribution in [0.1, 0.15) is 25.7 Å². The van der Waals surface area contributed by atoms with Crippen LogP contribution in [0.4, 0.5) is 0 Å². The van der Waals surface area contributed by atoms with Gasteiger partial charge in [-0.2, -0.15) is 5.06 Å². The fraction of sp³-hybridized carbons (Fsp3) is 0.824. The summed E-state index contributed by atoms with van der Waals surface area (Å²) < 4.78 is 0. The van der Waals surface area contributed by atoms with Crippen LogP contribution in [0, 0.1) is 17.3 Å². The highest BCUT2D eigenvalue weighted by molar-refractivity contribution is 5.94. The molecule has 2 amide bonds. The van der Waals surface area contributed by atoms with Gasteiger partial charge in [0.2, 0.25) is 11.8 Å². The van der Waals surface area contributed by atoms with Crippen LogP contribution in [0.2, 0.25) is 0 Å². The molecule has 8 nitrogen and oxygen atoms in total. The molecule has 1 saturated carbocycles. The molecule has 0 aromatic rings. The number of hydrogen-bond acceptors (Lipinski definition) is 5. The molecule has 0 aromatic heterocycles.